The summed E-state index contributed by atoms with van der Waals surface area (Å²) in [5.74, 6) is 0. The quantitative estimate of drug-likeness (QED) is 0.126. The van der Waals surface area contributed by atoms with Crippen LogP contribution in [0.15, 0.2) is 400 Å². The third kappa shape index (κ3) is 11.0. The van der Waals surface area contributed by atoms with Crippen molar-refractivity contribution in [2.24, 2.45) is 0 Å². The van der Waals surface area contributed by atoms with Gasteiger partial charge in [0, 0.05) is 10.8 Å². The molecule has 0 aromatic heterocycles. The van der Waals surface area contributed by atoms with Crippen LogP contribution in [0.3, 0.4) is 0 Å². The molecule has 0 N–H and O–H groups in total. The van der Waals surface area contributed by atoms with E-state index >= 15 is 0 Å². The molecular formula is C112H78. The van der Waals surface area contributed by atoms with Gasteiger partial charge in [-0.3, -0.25) is 0 Å². The molecule has 0 heteroatoms. The number of hydrogen-bond acceptors (Lipinski definition) is 0. The molecule has 0 spiro atoms. The summed E-state index contributed by atoms with van der Waals surface area (Å²) >= 11 is 0. The van der Waals surface area contributed by atoms with E-state index in [0.29, 0.717) is 0 Å². The highest BCUT2D eigenvalue weighted by Crippen LogP contribution is 2.55. The van der Waals surface area contributed by atoms with Gasteiger partial charge in [0.1, 0.15) is 0 Å². The molecule has 2 aliphatic rings. The Morgan fingerprint density at radius 1 is 0.134 bits per heavy atom. The summed E-state index contributed by atoms with van der Waals surface area (Å²) in [6.07, 6.45) is 0. The van der Waals surface area contributed by atoms with E-state index in [-0.39, 0.29) is 10.8 Å². The lowest BCUT2D eigenvalue weighted by Crippen LogP contribution is -2.14. The lowest BCUT2D eigenvalue weighted by atomic mass is 9.80. The molecule has 112 heavy (non-hydrogen) atoms. The first-order valence-electron chi connectivity index (χ1n) is 39.3. The molecule has 0 heterocycles. The lowest BCUT2D eigenvalue weighted by Gasteiger charge is -2.23. The average molecular weight is 1420 g/mol. The topological polar surface area (TPSA) is 0 Å². The Labute approximate surface area is 654 Å². The van der Waals surface area contributed by atoms with Gasteiger partial charge in [0.15, 0.2) is 0 Å². The average Bonchev–Trinajstić information content (AvgIpc) is 0.758. The molecule has 0 saturated heterocycles. The highest BCUT2D eigenvalue weighted by Gasteiger charge is 2.37. The molecule has 0 amide bonds. The maximum atomic E-state index is 2.49. The van der Waals surface area contributed by atoms with Crippen molar-refractivity contribution >= 4 is 75.4 Å². The van der Waals surface area contributed by atoms with Crippen molar-refractivity contribution in [3.63, 3.8) is 0 Å². The molecule has 0 fully saturated rings. The molecule has 20 aromatic rings. The van der Waals surface area contributed by atoms with Crippen molar-refractivity contribution in [1.29, 1.82) is 0 Å². The van der Waals surface area contributed by atoms with Crippen LogP contribution in [0.25, 0.3) is 198 Å². The van der Waals surface area contributed by atoms with Crippen LogP contribution < -0.4 is 0 Å². The third-order valence-corrected chi connectivity index (χ3v) is 24.7. The van der Waals surface area contributed by atoms with Crippen LogP contribution >= 0.6 is 0 Å². The van der Waals surface area contributed by atoms with E-state index in [9.17, 15) is 0 Å². The van der Waals surface area contributed by atoms with E-state index in [0.717, 1.165) is 0 Å². The number of fused-ring (bicyclic) bond motifs is 13. The Kier molecular flexibility index (Phi) is 15.7. The van der Waals surface area contributed by atoms with Gasteiger partial charge in [-0.25, -0.2) is 0 Å². The molecular weight excluding hydrogens is 1350 g/mol. The van der Waals surface area contributed by atoms with Gasteiger partial charge in [0.25, 0.3) is 0 Å². The van der Waals surface area contributed by atoms with Gasteiger partial charge < -0.3 is 0 Å². The molecule has 0 bridgehead atoms. The third-order valence-electron chi connectivity index (χ3n) is 24.7. The lowest BCUT2D eigenvalue weighted by molar-refractivity contribution is 0.660. The maximum Gasteiger partial charge on any atom is 0.0159 e. The smallest absolute Gasteiger partial charge is 0.0159 e. The standard InChI is InChI=1S/C57H40.C55H38/c1-57(2)53-22-11-10-19-47(53)48-31-30-46(36-54(48)57)56-50-21-9-8-20-49(50)55(51-32-29-44(35-52(51)56)43-28-27-38-15-6-7-16-41(38)33-43)45-18-12-17-42(34-45)40-25-23-39(24-26-40)37-13-4-3-5-14-37;1-55(2)51-23-13-12-20-44(51)45-28-27-40(34-52(45)55)53-46-21-10-11-22-47(46)54(48-31-30-41(36-15-4-3-5-16-36)42-18-8-9-19-43(42)48)49-29-26-39(33-50(49)53)38-25-24-35-14-6-7-17-37(35)32-38/h3-36H,1-2H3;3-34H,1-2H3. The Bertz CT molecular complexity index is 7210. The fourth-order valence-corrected chi connectivity index (χ4v) is 19.1. The van der Waals surface area contributed by atoms with Gasteiger partial charge in [-0.1, -0.05) is 386 Å². The molecule has 0 unspecified atom stereocenters. The number of rotatable bonds is 9. The van der Waals surface area contributed by atoms with Crippen molar-refractivity contribution < 1.29 is 0 Å². The van der Waals surface area contributed by atoms with Crippen molar-refractivity contribution in [2.75, 3.05) is 0 Å². The van der Waals surface area contributed by atoms with E-state index in [2.05, 4.69) is 428 Å². The minimum absolute atomic E-state index is 0.0938. The van der Waals surface area contributed by atoms with Gasteiger partial charge in [-0.05, 0) is 263 Å². The fraction of sp³-hybridized carbons (Fsp3) is 0.0536. The highest BCUT2D eigenvalue weighted by molar-refractivity contribution is 6.26. The minimum atomic E-state index is -0.0941. The Morgan fingerprint density at radius 2 is 0.429 bits per heavy atom. The van der Waals surface area contributed by atoms with Gasteiger partial charge >= 0.3 is 0 Å². The molecule has 22 rings (SSSR count). The zero-order chi connectivity index (χ0) is 74.8. The molecule has 0 aliphatic heterocycles. The van der Waals surface area contributed by atoms with Gasteiger partial charge in [0.2, 0.25) is 0 Å². The van der Waals surface area contributed by atoms with Crippen molar-refractivity contribution in [2.45, 2.75) is 38.5 Å². The first-order chi connectivity index (χ1) is 55.1. The summed E-state index contributed by atoms with van der Waals surface area (Å²) in [5, 5.41) is 17.7. The Balaban J connectivity index is 0.000000142. The van der Waals surface area contributed by atoms with Crippen LogP contribution in [-0.4, -0.2) is 0 Å². The van der Waals surface area contributed by atoms with Crippen LogP contribution in [0.2, 0.25) is 0 Å². The maximum absolute atomic E-state index is 2.49. The summed E-state index contributed by atoms with van der Waals surface area (Å²) < 4.78 is 0. The first-order valence-corrected chi connectivity index (χ1v) is 39.3. The normalized spacial score (nSPS) is 13.0. The van der Waals surface area contributed by atoms with E-state index in [1.165, 1.54) is 220 Å². The molecule has 20 aromatic carbocycles. The number of hydrogen-bond donors (Lipinski definition) is 0. The summed E-state index contributed by atoms with van der Waals surface area (Å²) in [6, 6.07) is 149. The van der Waals surface area contributed by atoms with Crippen molar-refractivity contribution in [3.8, 4) is 122 Å². The molecule has 0 atom stereocenters. The summed E-state index contributed by atoms with van der Waals surface area (Å²) in [4.78, 5) is 0. The van der Waals surface area contributed by atoms with Gasteiger partial charge in [-0.15, -0.1) is 0 Å². The van der Waals surface area contributed by atoms with Crippen LogP contribution in [0.4, 0.5) is 0 Å². The number of benzene rings is 20. The molecule has 0 radical (unpaired) electrons. The summed E-state index contributed by atoms with van der Waals surface area (Å²) in [6.45, 7) is 9.51. The Morgan fingerprint density at radius 3 is 0.946 bits per heavy atom. The second kappa shape index (κ2) is 26.5. The van der Waals surface area contributed by atoms with Crippen LogP contribution in [0.1, 0.15) is 49.9 Å². The second-order valence-electron chi connectivity index (χ2n) is 31.7. The van der Waals surface area contributed by atoms with Gasteiger partial charge in [-0.2, -0.15) is 0 Å². The molecule has 0 saturated carbocycles. The van der Waals surface area contributed by atoms with E-state index in [4.69, 9.17) is 0 Å². The first kappa shape index (κ1) is 66.4. The van der Waals surface area contributed by atoms with Crippen LogP contribution in [-0.2, 0) is 10.8 Å². The Hall–Kier alpha value is -13.8. The van der Waals surface area contributed by atoms with E-state index in [1.54, 1.807) is 0 Å². The van der Waals surface area contributed by atoms with Crippen LogP contribution in [0, 0.1) is 0 Å². The minimum Gasteiger partial charge on any atom is -0.0622 e. The highest BCUT2D eigenvalue weighted by atomic mass is 14.4. The fourth-order valence-electron chi connectivity index (χ4n) is 19.1. The molecule has 0 nitrogen and oxygen atoms in total. The predicted octanol–water partition coefficient (Wildman–Crippen LogP) is 31.1. The largest absolute Gasteiger partial charge is 0.0622 e. The van der Waals surface area contributed by atoms with Crippen molar-refractivity contribution in [1.82, 2.24) is 0 Å². The summed E-state index contributed by atoms with van der Waals surface area (Å²) in [7, 11) is 0. The second-order valence-corrected chi connectivity index (χ2v) is 31.7. The molecule has 2 aliphatic carbocycles. The monoisotopic (exact) mass is 1420 g/mol. The molecule has 526 valence electrons. The van der Waals surface area contributed by atoms with E-state index < -0.39 is 0 Å². The SMILES string of the molecule is CC1(C)c2ccccc2-c2ccc(-c3c4ccccc4c(-c4ccc(-c5ccccc5)c5ccccc45)c4ccc(-c5ccc6ccccc6c5)cc34)cc21.CC1(C)c2ccccc2-c2ccc(-c3c4ccccc4c(-c4cccc(-c5ccc(-c6ccccc6)cc5)c4)c4ccc(-c5ccc6ccccc6c5)cc34)cc21. The summed E-state index contributed by atoms with van der Waals surface area (Å²) in [5.41, 5.74) is 33.1. The van der Waals surface area contributed by atoms with Crippen LogP contribution in [0.5, 0.6) is 0 Å². The zero-order valence-electron chi connectivity index (χ0n) is 63.1. The predicted molar refractivity (Wildman–Crippen MR) is 479 cm³/mol. The zero-order valence-corrected chi connectivity index (χ0v) is 63.1. The van der Waals surface area contributed by atoms with E-state index in [1.807, 2.05) is 0 Å². The van der Waals surface area contributed by atoms with Crippen molar-refractivity contribution in [3.05, 3.63) is 423 Å². The van der Waals surface area contributed by atoms with Gasteiger partial charge in [0.05, 0.1) is 0 Å².